The van der Waals surface area contributed by atoms with Crippen LogP contribution >= 0.6 is 15.9 Å². The lowest BCUT2D eigenvalue weighted by atomic mass is 10.2. The third-order valence-electron chi connectivity index (χ3n) is 3.87. The summed E-state index contributed by atoms with van der Waals surface area (Å²) in [6, 6.07) is 8.25. The standard InChI is InChI=1S/C16H21BrN2O/c17-15-6-3-5-13-11-14(20-16(13)15)12-18-7-4-10-19-8-1-2-9-19/h3,5-6,11,18H,1-2,4,7-10,12H2. The summed E-state index contributed by atoms with van der Waals surface area (Å²) < 4.78 is 6.88. The first-order valence-electron chi connectivity index (χ1n) is 7.43. The number of nitrogens with zero attached hydrogens (tertiary/aromatic N) is 1. The number of hydrogen-bond donors (Lipinski definition) is 1. The van der Waals surface area contributed by atoms with Gasteiger partial charge in [-0.15, -0.1) is 0 Å². The molecule has 4 heteroatoms. The van der Waals surface area contributed by atoms with Gasteiger partial charge in [0.1, 0.15) is 11.3 Å². The fourth-order valence-electron chi connectivity index (χ4n) is 2.81. The lowest BCUT2D eigenvalue weighted by Crippen LogP contribution is -2.24. The number of para-hydroxylation sites is 1. The van der Waals surface area contributed by atoms with Crippen LogP contribution in [0.1, 0.15) is 25.0 Å². The van der Waals surface area contributed by atoms with Gasteiger partial charge in [0, 0.05) is 5.39 Å². The van der Waals surface area contributed by atoms with Crippen molar-refractivity contribution in [3.63, 3.8) is 0 Å². The molecule has 0 atom stereocenters. The largest absolute Gasteiger partial charge is 0.459 e. The quantitative estimate of drug-likeness (QED) is 0.814. The van der Waals surface area contributed by atoms with E-state index in [4.69, 9.17) is 4.42 Å². The van der Waals surface area contributed by atoms with Gasteiger partial charge in [0.2, 0.25) is 0 Å². The van der Waals surface area contributed by atoms with Crippen LogP contribution in [0.5, 0.6) is 0 Å². The van der Waals surface area contributed by atoms with Crippen molar-refractivity contribution in [1.82, 2.24) is 10.2 Å². The van der Waals surface area contributed by atoms with E-state index >= 15 is 0 Å². The number of benzene rings is 1. The SMILES string of the molecule is Brc1cccc2cc(CNCCCN3CCCC3)oc12. The molecule has 2 heterocycles. The second-order valence-electron chi connectivity index (χ2n) is 5.45. The number of halogens is 1. The average Bonchev–Trinajstić information content (AvgIpc) is 3.08. The van der Waals surface area contributed by atoms with Gasteiger partial charge >= 0.3 is 0 Å². The molecular formula is C16H21BrN2O. The lowest BCUT2D eigenvalue weighted by molar-refractivity contribution is 0.330. The van der Waals surface area contributed by atoms with Crippen LogP contribution in [0.25, 0.3) is 11.0 Å². The number of furan rings is 1. The normalized spacial score (nSPS) is 16.2. The Morgan fingerprint density at radius 2 is 2.10 bits per heavy atom. The summed E-state index contributed by atoms with van der Waals surface area (Å²) in [5.74, 6) is 1.01. The third kappa shape index (κ3) is 3.43. The lowest BCUT2D eigenvalue weighted by Gasteiger charge is -2.13. The molecule has 1 N–H and O–H groups in total. The predicted octanol–water partition coefficient (Wildman–Crippen LogP) is 3.77. The molecule has 3 rings (SSSR count). The van der Waals surface area contributed by atoms with Gasteiger partial charge in [-0.05, 0) is 73.5 Å². The summed E-state index contributed by atoms with van der Waals surface area (Å²) in [5.41, 5.74) is 0.946. The Hall–Kier alpha value is -0.840. The third-order valence-corrected chi connectivity index (χ3v) is 4.50. The maximum atomic E-state index is 5.86. The van der Waals surface area contributed by atoms with Crippen molar-refractivity contribution in [1.29, 1.82) is 0 Å². The van der Waals surface area contributed by atoms with Crippen molar-refractivity contribution < 1.29 is 4.42 Å². The van der Waals surface area contributed by atoms with Gasteiger partial charge in [-0.1, -0.05) is 12.1 Å². The van der Waals surface area contributed by atoms with Crippen LogP contribution in [-0.2, 0) is 6.54 Å². The first-order chi connectivity index (χ1) is 9.83. The molecule has 0 radical (unpaired) electrons. The zero-order valence-electron chi connectivity index (χ0n) is 11.7. The molecular weight excluding hydrogens is 316 g/mol. The highest BCUT2D eigenvalue weighted by atomic mass is 79.9. The number of likely N-dealkylation sites (tertiary alicyclic amines) is 1. The van der Waals surface area contributed by atoms with E-state index in [1.165, 1.54) is 38.9 Å². The Morgan fingerprint density at radius 1 is 1.25 bits per heavy atom. The van der Waals surface area contributed by atoms with E-state index in [1.54, 1.807) is 0 Å². The second-order valence-corrected chi connectivity index (χ2v) is 6.30. The van der Waals surface area contributed by atoms with E-state index < -0.39 is 0 Å². The van der Waals surface area contributed by atoms with Gasteiger partial charge in [-0.3, -0.25) is 0 Å². The Kier molecular flexibility index (Phi) is 4.76. The van der Waals surface area contributed by atoms with E-state index in [9.17, 15) is 0 Å². The highest BCUT2D eigenvalue weighted by Crippen LogP contribution is 2.26. The molecule has 1 aliphatic heterocycles. The van der Waals surface area contributed by atoms with Crippen LogP contribution < -0.4 is 5.32 Å². The van der Waals surface area contributed by atoms with Gasteiger partial charge in [-0.2, -0.15) is 0 Å². The van der Waals surface area contributed by atoms with E-state index in [0.717, 1.165) is 34.3 Å². The van der Waals surface area contributed by atoms with Gasteiger partial charge in [0.05, 0.1) is 11.0 Å². The minimum absolute atomic E-state index is 0.807. The molecule has 0 amide bonds. The molecule has 1 aromatic carbocycles. The molecule has 0 aliphatic carbocycles. The maximum Gasteiger partial charge on any atom is 0.148 e. The number of fused-ring (bicyclic) bond motifs is 1. The van der Waals surface area contributed by atoms with Crippen molar-refractivity contribution >= 4 is 26.9 Å². The van der Waals surface area contributed by atoms with Crippen LogP contribution in [0.4, 0.5) is 0 Å². The van der Waals surface area contributed by atoms with Gasteiger partial charge < -0.3 is 14.6 Å². The van der Waals surface area contributed by atoms with Crippen molar-refractivity contribution in [2.24, 2.45) is 0 Å². The zero-order chi connectivity index (χ0) is 13.8. The van der Waals surface area contributed by atoms with E-state index in [-0.39, 0.29) is 0 Å². The summed E-state index contributed by atoms with van der Waals surface area (Å²) in [5, 5.41) is 4.63. The Bertz CT molecular complexity index is 561. The molecule has 1 fully saturated rings. The summed E-state index contributed by atoms with van der Waals surface area (Å²) in [7, 11) is 0. The average molecular weight is 337 g/mol. The summed E-state index contributed by atoms with van der Waals surface area (Å²) in [6.07, 6.45) is 3.96. The molecule has 1 aliphatic rings. The Labute approximate surface area is 128 Å². The van der Waals surface area contributed by atoms with E-state index in [0.29, 0.717) is 0 Å². The van der Waals surface area contributed by atoms with Crippen LogP contribution in [0.3, 0.4) is 0 Å². The van der Waals surface area contributed by atoms with Gasteiger partial charge in [0.15, 0.2) is 0 Å². The topological polar surface area (TPSA) is 28.4 Å². The van der Waals surface area contributed by atoms with Crippen LogP contribution in [0.15, 0.2) is 33.2 Å². The van der Waals surface area contributed by atoms with Crippen LogP contribution in [0.2, 0.25) is 0 Å². The summed E-state index contributed by atoms with van der Waals surface area (Å²) >= 11 is 3.52. The molecule has 0 unspecified atom stereocenters. The highest BCUT2D eigenvalue weighted by Gasteiger charge is 2.10. The predicted molar refractivity (Wildman–Crippen MR) is 85.9 cm³/mol. The van der Waals surface area contributed by atoms with Crippen LogP contribution in [-0.4, -0.2) is 31.1 Å². The zero-order valence-corrected chi connectivity index (χ0v) is 13.3. The van der Waals surface area contributed by atoms with Crippen LogP contribution in [0, 0.1) is 0 Å². The molecule has 0 saturated carbocycles. The monoisotopic (exact) mass is 336 g/mol. The first kappa shape index (κ1) is 14.1. The van der Waals surface area contributed by atoms with Crippen molar-refractivity contribution in [3.8, 4) is 0 Å². The van der Waals surface area contributed by atoms with E-state index in [2.05, 4.69) is 38.3 Å². The minimum atomic E-state index is 0.807. The van der Waals surface area contributed by atoms with Crippen molar-refractivity contribution in [2.45, 2.75) is 25.8 Å². The molecule has 2 aromatic rings. The fourth-order valence-corrected chi connectivity index (χ4v) is 3.28. The smallest absolute Gasteiger partial charge is 0.148 e. The molecule has 20 heavy (non-hydrogen) atoms. The Balaban J connectivity index is 1.44. The highest BCUT2D eigenvalue weighted by molar-refractivity contribution is 9.10. The molecule has 0 spiro atoms. The van der Waals surface area contributed by atoms with Gasteiger partial charge in [-0.25, -0.2) is 0 Å². The molecule has 1 aromatic heterocycles. The number of nitrogens with one attached hydrogen (secondary N) is 1. The first-order valence-corrected chi connectivity index (χ1v) is 8.22. The molecule has 0 bridgehead atoms. The Morgan fingerprint density at radius 3 is 2.90 bits per heavy atom. The fraction of sp³-hybridized carbons (Fsp3) is 0.500. The minimum Gasteiger partial charge on any atom is -0.459 e. The second kappa shape index (κ2) is 6.74. The summed E-state index contributed by atoms with van der Waals surface area (Å²) in [6.45, 7) is 5.66. The van der Waals surface area contributed by atoms with Crippen molar-refractivity contribution in [3.05, 3.63) is 34.5 Å². The summed E-state index contributed by atoms with van der Waals surface area (Å²) in [4.78, 5) is 2.56. The number of rotatable bonds is 6. The van der Waals surface area contributed by atoms with Crippen molar-refractivity contribution in [2.75, 3.05) is 26.2 Å². The number of hydrogen-bond acceptors (Lipinski definition) is 3. The molecule has 108 valence electrons. The molecule has 3 nitrogen and oxygen atoms in total. The molecule has 1 saturated heterocycles. The van der Waals surface area contributed by atoms with E-state index in [1.807, 2.05) is 12.1 Å². The maximum absolute atomic E-state index is 5.86. The van der Waals surface area contributed by atoms with Gasteiger partial charge in [0.25, 0.3) is 0 Å².